The van der Waals surface area contributed by atoms with Crippen LogP contribution < -0.4 is 0 Å². The lowest BCUT2D eigenvalue weighted by Gasteiger charge is -2.07. The molecule has 0 saturated heterocycles. The second kappa shape index (κ2) is 4.90. The molecule has 0 aliphatic heterocycles. The van der Waals surface area contributed by atoms with Crippen molar-refractivity contribution >= 4 is 0 Å². The van der Waals surface area contributed by atoms with Gasteiger partial charge in [-0.05, 0) is 25.5 Å². The molecule has 0 fully saturated rings. The number of hydrogen-bond donors (Lipinski definition) is 1. The normalized spacial score (nSPS) is 11.2. The first-order chi connectivity index (χ1) is 8.56. The molecule has 2 rings (SSSR count). The zero-order chi connectivity index (χ0) is 13.3. The fourth-order valence-corrected chi connectivity index (χ4v) is 2.18. The van der Waals surface area contributed by atoms with Gasteiger partial charge in [-0.3, -0.25) is 4.98 Å². The van der Waals surface area contributed by atoms with Crippen molar-refractivity contribution in [2.75, 3.05) is 0 Å². The number of nitrogens with zero attached hydrogens (tertiary/aromatic N) is 2. The van der Waals surface area contributed by atoms with E-state index in [0.29, 0.717) is 5.69 Å². The predicted molar refractivity (Wildman–Crippen MR) is 69.2 cm³/mol. The Bertz CT molecular complexity index is 539. The van der Waals surface area contributed by atoms with Crippen LogP contribution in [0, 0.1) is 13.8 Å². The molecule has 0 saturated carbocycles. The highest BCUT2D eigenvalue weighted by Gasteiger charge is 2.21. The molecule has 0 bridgehead atoms. The maximum atomic E-state index is 9.56. The van der Waals surface area contributed by atoms with E-state index in [1.807, 2.05) is 33.8 Å². The van der Waals surface area contributed by atoms with Gasteiger partial charge in [0, 0.05) is 28.9 Å². The highest BCUT2D eigenvalue weighted by molar-refractivity contribution is 5.69. The van der Waals surface area contributed by atoms with E-state index in [1.165, 1.54) is 0 Å². The summed E-state index contributed by atoms with van der Waals surface area (Å²) in [7, 11) is 0. The first-order valence-corrected chi connectivity index (χ1v) is 6.08. The molecule has 1 N–H and O–H groups in total. The smallest absolute Gasteiger partial charge is 0.145 e. The van der Waals surface area contributed by atoms with Gasteiger partial charge in [-0.1, -0.05) is 19.0 Å². The van der Waals surface area contributed by atoms with Crippen molar-refractivity contribution in [1.29, 1.82) is 0 Å². The van der Waals surface area contributed by atoms with Crippen molar-refractivity contribution in [2.45, 2.75) is 40.2 Å². The van der Waals surface area contributed by atoms with Crippen molar-refractivity contribution in [3.05, 3.63) is 34.8 Å². The predicted octanol–water partition coefficient (Wildman–Crippen LogP) is 2.97. The lowest BCUT2D eigenvalue weighted by molar-refractivity contribution is 0.275. The quantitative estimate of drug-likeness (QED) is 0.904. The van der Waals surface area contributed by atoms with Gasteiger partial charge in [0.15, 0.2) is 0 Å². The van der Waals surface area contributed by atoms with Crippen LogP contribution in [0.1, 0.15) is 42.3 Å². The van der Waals surface area contributed by atoms with Gasteiger partial charge in [0.2, 0.25) is 0 Å². The Morgan fingerprint density at radius 1 is 1.33 bits per heavy atom. The van der Waals surface area contributed by atoms with Crippen LogP contribution in [0.15, 0.2) is 16.8 Å². The van der Waals surface area contributed by atoms with Crippen LogP contribution in [0.3, 0.4) is 0 Å². The average Bonchev–Trinajstić information content (AvgIpc) is 2.72. The minimum absolute atomic E-state index is 0.0693. The molecular weight excluding hydrogens is 228 g/mol. The number of aryl methyl sites for hydroxylation is 2. The molecule has 18 heavy (non-hydrogen) atoms. The number of aliphatic hydroxyl groups is 1. The Hall–Kier alpha value is -1.68. The van der Waals surface area contributed by atoms with Crippen molar-refractivity contribution in [1.82, 2.24) is 10.1 Å². The van der Waals surface area contributed by atoms with Crippen LogP contribution in [0.25, 0.3) is 11.3 Å². The number of aliphatic hydroxyl groups excluding tert-OH is 1. The fourth-order valence-electron chi connectivity index (χ4n) is 2.18. The summed E-state index contributed by atoms with van der Waals surface area (Å²) >= 11 is 0. The Labute approximate surface area is 107 Å². The summed E-state index contributed by atoms with van der Waals surface area (Å²) in [6, 6.07) is 1.94. The van der Waals surface area contributed by atoms with Gasteiger partial charge in [0.05, 0.1) is 6.61 Å². The van der Waals surface area contributed by atoms with Crippen molar-refractivity contribution < 1.29 is 9.63 Å². The first kappa shape index (κ1) is 12.8. The maximum Gasteiger partial charge on any atom is 0.145 e. The van der Waals surface area contributed by atoms with E-state index in [-0.39, 0.29) is 12.5 Å². The number of hydrogen-bond acceptors (Lipinski definition) is 4. The second-order valence-electron chi connectivity index (χ2n) is 4.78. The average molecular weight is 246 g/mol. The molecule has 2 aromatic rings. The molecule has 2 aromatic heterocycles. The molecule has 0 unspecified atom stereocenters. The minimum Gasteiger partial charge on any atom is -0.391 e. The van der Waals surface area contributed by atoms with Gasteiger partial charge in [-0.25, -0.2) is 0 Å². The number of pyridine rings is 1. The van der Waals surface area contributed by atoms with E-state index in [2.05, 4.69) is 10.1 Å². The molecule has 0 aliphatic carbocycles. The zero-order valence-electron chi connectivity index (χ0n) is 11.2. The fraction of sp³-hybridized carbons (Fsp3) is 0.429. The van der Waals surface area contributed by atoms with E-state index < -0.39 is 0 Å². The zero-order valence-corrected chi connectivity index (χ0v) is 11.2. The van der Waals surface area contributed by atoms with Crippen LogP contribution >= 0.6 is 0 Å². The third-order valence-electron chi connectivity index (χ3n) is 3.09. The standard InChI is InChI=1S/C14H18N2O2/c1-8(2)14-11(7-17)13(16-18-14)12-9(3)5-6-15-10(12)4/h5-6,8,17H,7H2,1-4H3. The number of aromatic nitrogens is 2. The molecule has 96 valence electrons. The molecule has 4 heteroatoms. The summed E-state index contributed by atoms with van der Waals surface area (Å²) in [6.07, 6.45) is 1.77. The van der Waals surface area contributed by atoms with Gasteiger partial charge in [-0.2, -0.15) is 0 Å². The molecule has 4 nitrogen and oxygen atoms in total. The lowest BCUT2D eigenvalue weighted by Crippen LogP contribution is -1.97. The molecule has 0 amide bonds. The third kappa shape index (κ3) is 2.04. The summed E-state index contributed by atoms with van der Waals surface area (Å²) < 4.78 is 5.37. The van der Waals surface area contributed by atoms with Gasteiger partial charge >= 0.3 is 0 Å². The minimum atomic E-state index is -0.0693. The SMILES string of the molecule is Cc1ccnc(C)c1-c1noc(C(C)C)c1CO. The highest BCUT2D eigenvalue weighted by Crippen LogP contribution is 2.32. The van der Waals surface area contributed by atoms with Crippen molar-refractivity contribution in [3.8, 4) is 11.3 Å². The van der Waals surface area contributed by atoms with E-state index in [9.17, 15) is 5.11 Å². The molecular formula is C14H18N2O2. The van der Waals surface area contributed by atoms with Crippen LogP contribution in [0.4, 0.5) is 0 Å². The molecule has 0 spiro atoms. The largest absolute Gasteiger partial charge is 0.391 e. The van der Waals surface area contributed by atoms with E-state index in [0.717, 1.165) is 28.1 Å². The van der Waals surface area contributed by atoms with Gasteiger partial charge in [0.25, 0.3) is 0 Å². The summed E-state index contributed by atoms with van der Waals surface area (Å²) in [5.41, 5.74) is 4.42. The van der Waals surface area contributed by atoms with Gasteiger partial charge < -0.3 is 9.63 Å². The summed E-state index contributed by atoms with van der Waals surface area (Å²) in [5, 5.41) is 13.7. The van der Waals surface area contributed by atoms with Crippen LogP contribution in [-0.2, 0) is 6.61 Å². The van der Waals surface area contributed by atoms with Crippen LogP contribution in [0.5, 0.6) is 0 Å². The highest BCUT2D eigenvalue weighted by atomic mass is 16.5. The van der Waals surface area contributed by atoms with Crippen LogP contribution in [-0.4, -0.2) is 15.2 Å². The molecule has 0 radical (unpaired) electrons. The van der Waals surface area contributed by atoms with Crippen LogP contribution in [0.2, 0.25) is 0 Å². The van der Waals surface area contributed by atoms with E-state index in [4.69, 9.17) is 4.52 Å². The van der Waals surface area contributed by atoms with Gasteiger partial charge in [-0.15, -0.1) is 0 Å². The Morgan fingerprint density at radius 2 is 2.06 bits per heavy atom. The molecule has 2 heterocycles. The topological polar surface area (TPSA) is 59.2 Å². The Kier molecular flexibility index (Phi) is 3.48. The van der Waals surface area contributed by atoms with E-state index >= 15 is 0 Å². The Balaban J connectivity index is 2.65. The first-order valence-electron chi connectivity index (χ1n) is 6.08. The lowest BCUT2D eigenvalue weighted by atomic mass is 9.98. The number of rotatable bonds is 3. The van der Waals surface area contributed by atoms with Gasteiger partial charge in [0.1, 0.15) is 11.5 Å². The van der Waals surface area contributed by atoms with E-state index in [1.54, 1.807) is 6.20 Å². The maximum absolute atomic E-state index is 9.56. The monoisotopic (exact) mass is 246 g/mol. The van der Waals surface area contributed by atoms with Crippen molar-refractivity contribution in [3.63, 3.8) is 0 Å². The molecule has 0 aromatic carbocycles. The summed E-state index contributed by atoms with van der Waals surface area (Å²) in [6.45, 7) is 7.92. The third-order valence-corrected chi connectivity index (χ3v) is 3.09. The second-order valence-corrected chi connectivity index (χ2v) is 4.78. The Morgan fingerprint density at radius 3 is 2.61 bits per heavy atom. The molecule has 0 aliphatic rings. The summed E-state index contributed by atoms with van der Waals surface area (Å²) in [5.74, 6) is 0.945. The molecule has 0 atom stereocenters. The van der Waals surface area contributed by atoms with Crippen molar-refractivity contribution in [2.24, 2.45) is 0 Å². The summed E-state index contributed by atoms with van der Waals surface area (Å²) in [4.78, 5) is 4.28.